The lowest BCUT2D eigenvalue weighted by Crippen LogP contribution is -2.20. The van der Waals surface area contributed by atoms with Gasteiger partial charge in [0.15, 0.2) is 6.61 Å². The minimum atomic E-state index is -0.315. The summed E-state index contributed by atoms with van der Waals surface area (Å²) in [6.45, 7) is -0.233. The lowest BCUT2D eigenvalue weighted by atomic mass is 10.1. The summed E-state index contributed by atoms with van der Waals surface area (Å²) in [5, 5.41) is 3.47. The average molecular weight is 383 g/mol. The van der Waals surface area contributed by atoms with Gasteiger partial charge in [-0.15, -0.1) is 0 Å². The normalized spacial score (nSPS) is 16.5. The van der Waals surface area contributed by atoms with Crippen LogP contribution in [0.3, 0.4) is 0 Å². The predicted octanol–water partition coefficient (Wildman–Crippen LogP) is 3.95. The number of carbonyl (C=O) groups excluding carboxylic acids is 2. The first-order valence-electron chi connectivity index (χ1n) is 8.56. The van der Waals surface area contributed by atoms with E-state index in [2.05, 4.69) is 5.32 Å². The van der Waals surface area contributed by atoms with Crippen LogP contribution in [-0.2, 0) is 14.3 Å². The number of rotatable bonds is 9. The minimum Gasteiger partial charge on any atom is -0.456 e. The number of anilines is 2. The zero-order chi connectivity index (χ0) is 18.1. The molecular formula is C18H26N2O3S2. The van der Waals surface area contributed by atoms with Gasteiger partial charge in [-0.3, -0.25) is 9.59 Å². The molecule has 7 heteroatoms. The molecule has 0 aliphatic carbocycles. The molecule has 1 fully saturated rings. The van der Waals surface area contributed by atoms with Crippen LogP contribution in [0.4, 0.5) is 11.4 Å². The van der Waals surface area contributed by atoms with Crippen LogP contribution in [0.5, 0.6) is 0 Å². The van der Waals surface area contributed by atoms with Crippen LogP contribution < -0.4 is 10.2 Å². The van der Waals surface area contributed by atoms with Gasteiger partial charge in [0.25, 0.3) is 5.91 Å². The molecule has 138 valence electrons. The van der Waals surface area contributed by atoms with Gasteiger partial charge in [0.2, 0.25) is 0 Å². The summed E-state index contributed by atoms with van der Waals surface area (Å²) in [6, 6.07) is 7.49. The Kier molecular flexibility index (Phi) is 8.48. The molecule has 1 saturated heterocycles. The summed E-state index contributed by atoms with van der Waals surface area (Å²) in [5.41, 5.74) is 1.75. The van der Waals surface area contributed by atoms with Crippen LogP contribution in [0.1, 0.15) is 32.1 Å². The Balaban J connectivity index is 1.57. The van der Waals surface area contributed by atoms with E-state index in [9.17, 15) is 9.59 Å². The molecule has 1 aromatic carbocycles. The molecule has 2 rings (SSSR count). The molecule has 1 aliphatic rings. The van der Waals surface area contributed by atoms with E-state index in [-0.39, 0.29) is 18.5 Å². The summed E-state index contributed by atoms with van der Waals surface area (Å²) < 4.78 is 5.04. The summed E-state index contributed by atoms with van der Waals surface area (Å²) in [6.07, 6.45) is 4.69. The number of hydrogen-bond acceptors (Lipinski definition) is 6. The van der Waals surface area contributed by atoms with Crippen LogP contribution in [0.25, 0.3) is 0 Å². The van der Waals surface area contributed by atoms with E-state index in [1.54, 1.807) is 0 Å². The fraction of sp³-hybridized carbons (Fsp3) is 0.556. The van der Waals surface area contributed by atoms with E-state index in [4.69, 9.17) is 4.74 Å². The number of amides is 1. The topological polar surface area (TPSA) is 58.6 Å². The van der Waals surface area contributed by atoms with Crippen LogP contribution in [0.2, 0.25) is 0 Å². The summed E-state index contributed by atoms with van der Waals surface area (Å²) in [7, 11) is 7.82. The van der Waals surface area contributed by atoms with Crippen molar-refractivity contribution in [3.63, 3.8) is 0 Å². The third-order valence-electron chi connectivity index (χ3n) is 3.92. The number of nitrogens with one attached hydrogen (secondary N) is 1. The van der Waals surface area contributed by atoms with Crippen molar-refractivity contribution in [2.75, 3.05) is 36.7 Å². The van der Waals surface area contributed by atoms with E-state index in [0.29, 0.717) is 12.1 Å². The number of unbranched alkanes of at least 4 members (excludes halogenated alkanes) is 1. The molecule has 0 spiro atoms. The highest BCUT2D eigenvalue weighted by molar-refractivity contribution is 8.77. The highest BCUT2D eigenvalue weighted by Gasteiger charge is 2.16. The van der Waals surface area contributed by atoms with E-state index in [1.165, 1.54) is 12.2 Å². The number of benzene rings is 1. The van der Waals surface area contributed by atoms with Crippen LogP contribution >= 0.6 is 21.6 Å². The first-order valence-corrected chi connectivity index (χ1v) is 10.9. The van der Waals surface area contributed by atoms with Crippen molar-refractivity contribution in [2.45, 2.75) is 37.4 Å². The molecule has 1 amide bonds. The molecule has 1 heterocycles. The number of nitrogens with zero attached hydrogens (tertiary/aromatic N) is 1. The predicted molar refractivity (Wildman–Crippen MR) is 107 cm³/mol. The molecule has 0 radical (unpaired) electrons. The Morgan fingerprint density at radius 1 is 1.24 bits per heavy atom. The smallest absolute Gasteiger partial charge is 0.306 e. The molecule has 0 unspecified atom stereocenters. The zero-order valence-corrected chi connectivity index (χ0v) is 16.5. The van der Waals surface area contributed by atoms with Crippen molar-refractivity contribution in [2.24, 2.45) is 0 Å². The van der Waals surface area contributed by atoms with Gasteiger partial charge in [0.05, 0.1) is 0 Å². The van der Waals surface area contributed by atoms with E-state index >= 15 is 0 Å². The third kappa shape index (κ3) is 7.61. The molecule has 1 aromatic rings. The van der Waals surface area contributed by atoms with Crippen molar-refractivity contribution in [1.82, 2.24) is 0 Å². The van der Waals surface area contributed by atoms with Gasteiger partial charge < -0.3 is 15.0 Å². The van der Waals surface area contributed by atoms with Crippen molar-refractivity contribution in [3.8, 4) is 0 Å². The Labute approximate surface area is 157 Å². The van der Waals surface area contributed by atoms with Gasteiger partial charge in [-0.2, -0.15) is 0 Å². The van der Waals surface area contributed by atoms with Gasteiger partial charge in [-0.05, 0) is 43.5 Å². The van der Waals surface area contributed by atoms with Crippen LogP contribution in [0, 0.1) is 0 Å². The van der Waals surface area contributed by atoms with Crippen molar-refractivity contribution in [1.29, 1.82) is 0 Å². The summed E-state index contributed by atoms with van der Waals surface area (Å²) in [5.74, 6) is 0.626. The third-order valence-corrected chi connectivity index (χ3v) is 6.92. The van der Waals surface area contributed by atoms with Gasteiger partial charge in [0, 0.05) is 42.9 Å². The Bertz CT molecular complexity index is 558. The van der Waals surface area contributed by atoms with Crippen LogP contribution in [-0.4, -0.2) is 43.6 Å². The van der Waals surface area contributed by atoms with E-state index < -0.39 is 0 Å². The molecule has 0 bridgehead atoms. The zero-order valence-electron chi connectivity index (χ0n) is 14.8. The van der Waals surface area contributed by atoms with Crippen LogP contribution in [0.15, 0.2) is 24.3 Å². The number of hydrogen-bond donors (Lipinski definition) is 1. The lowest BCUT2D eigenvalue weighted by molar-refractivity contribution is -0.147. The molecule has 25 heavy (non-hydrogen) atoms. The first-order chi connectivity index (χ1) is 12.0. The fourth-order valence-corrected chi connectivity index (χ4v) is 5.49. The van der Waals surface area contributed by atoms with E-state index in [1.807, 2.05) is 64.8 Å². The molecule has 0 aromatic heterocycles. The first kappa shape index (κ1) is 20.0. The number of esters is 1. The maximum Gasteiger partial charge on any atom is 0.306 e. The Morgan fingerprint density at radius 3 is 2.64 bits per heavy atom. The van der Waals surface area contributed by atoms with Crippen molar-refractivity contribution in [3.05, 3.63) is 24.3 Å². The summed E-state index contributed by atoms with van der Waals surface area (Å²) in [4.78, 5) is 25.5. The lowest BCUT2D eigenvalue weighted by Gasteiger charge is -2.13. The van der Waals surface area contributed by atoms with Gasteiger partial charge in [-0.25, -0.2) is 0 Å². The minimum absolute atomic E-state index is 0.233. The second-order valence-corrected chi connectivity index (χ2v) is 9.01. The quantitative estimate of drug-likeness (QED) is 0.396. The SMILES string of the molecule is CN(C)c1ccc(NC(=O)COC(=O)CCCC[C@H]2CCSS2)cc1. The van der Waals surface area contributed by atoms with Crippen molar-refractivity contribution < 1.29 is 14.3 Å². The highest BCUT2D eigenvalue weighted by atomic mass is 33.1. The maximum absolute atomic E-state index is 11.8. The largest absolute Gasteiger partial charge is 0.456 e. The van der Waals surface area contributed by atoms with Gasteiger partial charge in [-0.1, -0.05) is 28.0 Å². The molecule has 5 nitrogen and oxygen atoms in total. The number of ether oxygens (including phenoxy) is 1. The monoisotopic (exact) mass is 382 g/mol. The molecule has 1 atom stereocenters. The van der Waals surface area contributed by atoms with E-state index in [0.717, 1.165) is 30.2 Å². The van der Waals surface area contributed by atoms with Gasteiger partial charge in [0.1, 0.15) is 0 Å². The molecule has 1 aliphatic heterocycles. The second kappa shape index (κ2) is 10.6. The average Bonchev–Trinajstić information content (AvgIpc) is 3.11. The number of carbonyl (C=O) groups is 2. The van der Waals surface area contributed by atoms with Crippen molar-refractivity contribution >= 4 is 44.8 Å². The van der Waals surface area contributed by atoms with Gasteiger partial charge >= 0.3 is 5.97 Å². The molecule has 1 N–H and O–H groups in total. The molecule has 0 saturated carbocycles. The summed E-state index contributed by atoms with van der Waals surface area (Å²) >= 11 is 0. The highest BCUT2D eigenvalue weighted by Crippen LogP contribution is 2.39. The standard InChI is InChI=1S/C18H26N2O3S2/c1-20(2)15-9-7-14(8-10-15)19-17(21)13-23-18(22)6-4-3-5-16-11-12-24-25-16/h7-10,16H,3-6,11-13H2,1-2H3,(H,19,21)/t16-/m0/s1. The fourth-order valence-electron chi connectivity index (χ4n) is 2.46. The Hall–Kier alpha value is -1.34. The Morgan fingerprint density at radius 2 is 2.00 bits per heavy atom. The second-order valence-electron chi connectivity index (χ2n) is 6.22. The molecular weight excluding hydrogens is 356 g/mol. The maximum atomic E-state index is 11.8.